The maximum Gasteiger partial charge on any atom is 0.221 e. The van der Waals surface area contributed by atoms with Crippen molar-refractivity contribution in [2.45, 2.75) is 38.1 Å². The first-order chi connectivity index (χ1) is 15.3. The summed E-state index contributed by atoms with van der Waals surface area (Å²) in [6.07, 6.45) is 2.44. The Morgan fingerprint density at radius 1 is 1.03 bits per heavy atom. The average molecular weight is 473 g/mol. The molecule has 0 amide bonds. The molecule has 1 N–H and O–H groups in total. The second kappa shape index (κ2) is 8.55. The molecule has 1 aromatic heterocycles. The first kappa shape index (κ1) is 24.3. The Hall–Kier alpha value is -3.33. The molecule has 8 nitrogen and oxygen atoms in total. The fourth-order valence-corrected chi connectivity index (χ4v) is 4.69. The molecule has 0 unspecified atom stereocenters. The van der Waals surface area contributed by atoms with E-state index in [0.29, 0.717) is 28.2 Å². The lowest BCUT2D eigenvalue weighted by Crippen LogP contribution is -2.22. The number of aromatic nitrogens is 2. The zero-order valence-electron chi connectivity index (χ0n) is 19.8. The number of sulfone groups is 1. The second-order valence-corrected chi connectivity index (χ2v) is 10.7. The predicted octanol–water partition coefficient (Wildman–Crippen LogP) is 3.97. The molecular weight excluding hydrogens is 444 g/mol. The highest BCUT2D eigenvalue weighted by Gasteiger charge is 2.28. The molecule has 0 aliphatic heterocycles. The van der Waals surface area contributed by atoms with Gasteiger partial charge in [-0.05, 0) is 63.1 Å². The van der Waals surface area contributed by atoms with E-state index in [-0.39, 0.29) is 21.9 Å². The van der Waals surface area contributed by atoms with Gasteiger partial charge in [-0.2, -0.15) is 5.10 Å². The van der Waals surface area contributed by atoms with Crippen LogP contribution < -0.4 is 9.47 Å². The summed E-state index contributed by atoms with van der Waals surface area (Å²) in [5, 5.41) is 14.8. The zero-order valence-corrected chi connectivity index (χ0v) is 20.6. The molecule has 0 radical (unpaired) electrons. The molecule has 176 valence electrons. The Balaban J connectivity index is 2.26. The van der Waals surface area contributed by atoms with Gasteiger partial charge in [-0.25, -0.2) is 13.1 Å². The van der Waals surface area contributed by atoms with Gasteiger partial charge in [0.15, 0.2) is 27.1 Å². The molecule has 2 aromatic carbocycles. The third kappa shape index (κ3) is 4.45. The number of hydrogen-bond donors (Lipinski definition) is 1. The van der Waals surface area contributed by atoms with Crippen molar-refractivity contribution in [3.63, 3.8) is 0 Å². The van der Waals surface area contributed by atoms with Crippen molar-refractivity contribution in [3.8, 4) is 28.5 Å². The lowest BCUT2D eigenvalue weighted by molar-refractivity contribution is 0.103. The fourth-order valence-electron chi connectivity index (χ4n) is 3.73. The minimum atomic E-state index is -3.62. The van der Waals surface area contributed by atoms with E-state index in [2.05, 4.69) is 5.10 Å². The van der Waals surface area contributed by atoms with Crippen LogP contribution in [-0.4, -0.2) is 49.6 Å². The largest absolute Gasteiger partial charge is 0.493 e. The predicted molar refractivity (Wildman–Crippen MR) is 125 cm³/mol. The number of hydrogen-bond acceptors (Lipinski definition) is 7. The van der Waals surface area contributed by atoms with Gasteiger partial charge in [0.1, 0.15) is 5.56 Å². The number of benzene rings is 2. The number of ketones is 1. The lowest BCUT2D eigenvalue weighted by atomic mass is 9.92. The Morgan fingerprint density at radius 2 is 1.67 bits per heavy atom. The fraction of sp³-hybridized carbons (Fsp3) is 0.333. The number of rotatable bonds is 6. The number of methoxy groups -OCH3 is 2. The van der Waals surface area contributed by atoms with Crippen LogP contribution in [0.5, 0.6) is 17.4 Å². The minimum Gasteiger partial charge on any atom is -0.493 e. The van der Waals surface area contributed by atoms with Gasteiger partial charge in [-0.15, -0.1) is 0 Å². The van der Waals surface area contributed by atoms with Crippen LogP contribution in [0, 0.1) is 6.92 Å². The number of ether oxygens (including phenoxy) is 2. The van der Waals surface area contributed by atoms with Crippen LogP contribution in [0.3, 0.4) is 0 Å². The van der Waals surface area contributed by atoms with E-state index in [0.717, 1.165) is 6.26 Å². The summed E-state index contributed by atoms with van der Waals surface area (Å²) in [6.45, 7) is 7.25. The van der Waals surface area contributed by atoms with Crippen LogP contribution in [0.4, 0.5) is 0 Å². The summed E-state index contributed by atoms with van der Waals surface area (Å²) in [5.74, 6) is 0.218. The first-order valence-electron chi connectivity index (χ1n) is 10.2. The third-order valence-electron chi connectivity index (χ3n) is 5.37. The van der Waals surface area contributed by atoms with E-state index < -0.39 is 21.2 Å². The topological polar surface area (TPSA) is 108 Å². The minimum absolute atomic E-state index is 0.0402. The van der Waals surface area contributed by atoms with Crippen molar-refractivity contribution in [1.82, 2.24) is 9.78 Å². The molecule has 0 fully saturated rings. The number of carbonyl (C=O) groups is 1. The van der Waals surface area contributed by atoms with Gasteiger partial charge in [-0.1, -0.05) is 6.07 Å². The van der Waals surface area contributed by atoms with E-state index in [1.165, 1.54) is 37.2 Å². The molecule has 0 spiro atoms. The molecule has 0 aliphatic carbocycles. The highest BCUT2D eigenvalue weighted by Crippen LogP contribution is 2.39. The van der Waals surface area contributed by atoms with Crippen molar-refractivity contribution in [3.05, 3.63) is 53.2 Å². The summed E-state index contributed by atoms with van der Waals surface area (Å²) in [7, 11) is -0.623. The highest BCUT2D eigenvalue weighted by molar-refractivity contribution is 7.90. The van der Waals surface area contributed by atoms with Crippen molar-refractivity contribution >= 4 is 15.6 Å². The zero-order chi connectivity index (χ0) is 24.7. The van der Waals surface area contributed by atoms with Gasteiger partial charge in [-0.3, -0.25) is 4.79 Å². The van der Waals surface area contributed by atoms with Gasteiger partial charge in [0.05, 0.1) is 30.9 Å². The van der Waals surface area contributed by atoms with E-state index in [4.69, 9.17) is 9.47 Å². The number of nitrogens with zero attached hydrogens (tertiary/aromatic N) is 2. The molecule has 0 aliphatic rings. The summed E-state index contributed by atoms with van der Waals surface area (Å²) < 4.78 is 37.2. The Bertz CT molecular complexity index is 1330. The smallest absolute Gasteiger partial charge is 0.221 e. The Labute approximate surface area is 193 Å². The SMILES string of the molecule is COc1ccc(-c2c(S(C)(=O)=O)ccc(C(=O)c3cnn(C(C)(C)C)c3O)c2C)cc1OC. The van der Waals surface area contributed by atoms with Gasteiger partial charge < -0.3 is 14.6 Å². The van der Waals surface area contributed by atoms with Crippen molar-refractivity contribution in [1.29, 1.82) is 0 Å². The van der Waals surface area contributed by atoms with Crippen LogP contribution in [0.1, 0.15) is 42.3 Å². The van der Waals surface area contributed by atoms with Crippen LogP contribution in [0.15, 0.2) is 41.4 Å². The molecule has 9 heteroatoms. The molecule has 33 heavy (non-hydrogen) atoms. The van der Waals surface area contributed by atoms with Crippen LogP contribution >= 0.6 is 0 Å². The van der Waals surface area contributed by atoms with Crippen molar-refractivity contribution < 1.29 is 27.8 Å². The molecule has 0 bridgehead atoms. The first-order valence-corrected chi connectivity index (χ1v) is 12.1. The normalized spacial score (nSPS) is 12.0. The van der Waals surface area contributed by atoms with Gasteiger partial charge in [0, 0.05) is 17.4 Å². The van der Waals surface area contributed by atoms with Crippen LogP contribution in [0.25, 0.3) is 11.1 Å². The Morgan fingerprint density at radius 3 is 2.18 bits per heavy atom. The summed E-state index contributed by atoms with van der Waals surface area (Å²) in [4.78, 5) is 13.5. The molecular formula is C24H28N2O6S. The lowest BCUT2D eigenvalue weighted by Gasteiger charge is -2.20. The van der Waals surface area contributed by atoms with Gasteiger partial charge in [0.2, 0.25) is 5.88 Å². The van der Waals surface area contributed by atoms with E-state index in [9.17, 15) is 18.3 Å². The quantitative estimate of drug-likeness (QED) is 0.541. The van der Waals surface area contributed by atoms with E-state index >= 15 is 0 Å². The van der Waals surface area contributed by atoms with Crippen molar-refractivity contribution in [2.75, 3.05) is 20.5 Å². The second-order valence-electron chi connectivity index (χ2n) is 8.75. The molecule has 0 saturated carbocycles. The van der Waals surface area contributed by atoms with Crippen LogP contribution in [-0.2, 0) is 15.4 Å². The molecule has 0 saturated heterocycles. The maximum absolute atomic E-state index is 13.4. The van der Waals surface area contributed by atoms with Crippen LogP contribution in [0.2, 0.25) is 0 Å². The Kier molecular flexibility index (Phi) is 6.30. The summed E-state index contributed by atoms with van der Waals surface area (Å²) in [5.41, 5.74) is 1.16. The van der Waals surface area contributed by atoms with Gasteiger partial charge >= 0.3 is 0 Å². The average Bonchev–Trinajstić information content (AvgIpc) is 3.13. The summed E-state index contributed by atoms with van der Waals surface area (Å²) >= 11 is 0. The highest BCUT2D eigenvalue weighted by atomic mass is 32.2. The summed E-state index contributed by atoms with van der Waals surface area (Å²) in [6, 6.07) is 7.92. The van der Waals surface area contributed by atoms with E-state index in [1.807, 2.05) is 20.8 Å². The molecule has 3 rings (SSSR count). The van der Waals surface area contributed by atoms with E-state index in [1.54, 1.807) is 25.1 Å². The number of aromatic hydroxyl groups is 1. The monoisotopic (exact) mass is 472 g/mol. The molecule has 0 atom stereocenters. The molecule has 3 aromatic rings. The van der Waals surface area contributed by atoms with Crippen molar-refractivity contribution in [2.24, 2.45) is 0 Å². The maximum atomic E-state index is 13.4. The molecule has 1 heterocycles. The standard InChI is InChI=1S/C24H28N2O6S/c1-14-16(22(27)17-13-25-26(23(17)28)24(2,3)4)9-11-20(33(7,29)30)21(14)15-8-10-18(31-5)19(12-15)32-6/h8-13,28H,1-7H3. The third-order valence-corrected chi connectivity index (χ3v) is 6.51. The van der Waals surface area contributed by atoms with Gasteiger partial charge in [0.25, 0.3) is 0 Å². The number of carbonyl (C=O) groups excluding carboxylic acids is 1.